The van der Waals surface area contributed by atoms with E-state index in [1.807, 2.05) is 25.1 Å². The summed E-state index contributed by atoms with van der Waals surface area (Å²) in [5, 5.41) is 3.14. The minimum Gasteiger partial charge on any atom is -0.345 e. The maximum absolute atomic E-state index is 12.3. The molecule has 1 amide bonds. The molecule has 0 heterocycles. The Hall–Kier alpha value is -1.06. The first-order valence-electron chi connectivity index (χ1n) is 6.66. The predicted octanol–water partition coefficient (Wildman–Crippen LogP) is 2.73. The molecule has 1 aromatic carbocycles. The summed E-state index contributed by atoms with van der Waals surface area (Å²) in [6.07, 6.45) is 4.31. The summed E-state index contributed by atoms with van der Waals surface area (Å²) in [5.41, 5.74) is 8.76. The third kappa shape index (κ3) is 3.48. The summed E-state index contributed by atoms with van der Waals surface area (Å²) < 4.78 is 0. The zero-order chi connectivity index (χ0) is 13.2. The lowest BCUT2D eigenvalue weighted by atomic mass is 9.96. The summed E-state index contributed by atoms with van der Waals surface area (Å²) in [6, 6.07) is 5.83. The third-order valence-corrected chi connectivity index (χ3v) is 4.10. The van der Waals surface area contributed by atoms with E-state index in [0.29, 0.717) is 6.54 Å². The van der Waals surface area contributed by atoms with E-state index in [0.717, 1.165) is 36.8 Å². The number of carbonyl (C=O) groups is 1. The van der Waals surface area contributed by atoms with Crippen LogP contribution in [-0.4, -0.2) is 18.0 Å². The van der Waals surface area contributed by atoms with E-state index in [1.165, 1.54) is 5.56 Å². The molecule has 106 valence electrons. The summed E-state index contributed by atoms with van der Waals surface area (Å²) in [4.78, 5) is 12.3. The standard InChI is InChI=1S/C15H22N2O.ClH/c1-11-5-6-13(9-12(11)2)14(18)17-15(10-16)7-3-4-8-15;/h5-6,9H,3-4,7-8,10,16H2,1-2H3,(H,17,18);1H. The molecule has 0 spiro atoms. The van der Waals surface area contributed by atoms with Crippen LogP contribution in [0, 0.1) is 13.8 Å². The Morgan fingerprint density at radius 1 is 1.26 bits per heavy atom. The molecule has 3 N–H and O–H groups in total. The SMILES string of the molecule is Cc1ccc(C(=O)NC2(CN)CCCC2)cc1C.Cl. The highest BCUT2D eigenvalue weighted by atomic mass is 35.5. The number of hydrogen-bond donors (Lipinski definition) is 2. The van der Waals surface area contributed by atoms with Crippen molar-refractivity contribution in [2.75, 3.05) is 6.54 Å². The molecule has 0 unspecified atom stereocenters. The van der Waals surface area contributed by atoms with Crippen molar-refractivity contribution in [2.24, 2.45) is 5.73 Å². The van der Waals surface area contributed by atoms with Gasteiger partial charge in [-0.3, -0.25) is 4.79 Å². The summed E-state index contributed by atoms with van der Waals surface area (Å²) >= 11 is 0. The fourth-order valence-corrected chi connectivity index (χ4v) is 2.63. The first kappa shape index (κ1) is 16.0. The van der Waals surface area contributed by atoms with Crippen LogP contribution in [0.25, 0.3) is 0 Å². The van der Waals surface area contributed by atoms with E-state index in [9.17, 15) is 4.79 Å². The van der Waals surface area contributed by atoms with Crippen LogP contribution in [0.5, 0.6) is 0 Å². The maximum Gasteiger partial charge on any atom is 0.251 e. The molecule has 1 aliphatic carbocycles. The zero-order valence-corrected chi connectivity index (χ0v) is 12.5. The number of carbonyl (C=O) groups excluding carboxylic acids is 1. The second-order valence-electron chi connectivity index (χ2n) is 5.44. The average molecular weight is 283 g/mol. The maximum atomic E-state index is 12.3. The molecule has 0 aliphatic heterocycles. The van der Waals surface area contributed by atoms with Crippen LogP contribution in [0.3, 0.4) is 0 Å². The van der Waals surface area contributed by atoms with Gasteiger partial charge >= 0.3 is 0 Å². The number of hydrogen-bond acceptors (Lipinski definition) is 2. The lowest BCUT2D eigenvalue weighted by Gasteiger charge is -2.28. The van der Waals surface area contributed by atoms with Crippen LogP contribution in [0.15, 0.2) is 18.2 Å². The molecule has 2 rings (SSSR count). The van der Waals surface area contributed by atoms with Gasteiger partial charge in [-0.1, -0.05) is 18.9 Å². The second-order valence-corrected chi connectivity index (χ2v) is 5.44. The Kier molecular flexibility index (Phi) is 5.39. The number of nitrogens with two attached hydrogens (primary N) is 1. The molecule has 4 heteroatoms. The van der Waals surface area contributed by atoms with Crippen LogP contribution >= 0.6 is 12.4 Å². The Bertz CT molecular complexity index is 453. The molecule has 0 aromatic heterocycles. The van der Waals surface area contributed by atoms with Crippen molar-refractivity contribution < 1.29 is 4.79 Å². The molecule has 0 bridgehead atoms. The Balaban J connectivity index is 0.00000180. The quantitative estimate of drug-likeness (QED) is 0.896. The van der Waals surface area contributed by atoms with Crippen LogP contribution in [-0.2, 0) is 0 Å². The van der Waals surface area contributed by atoms with Crippen molar-refractivity contribution in [2.45, 2.75) is 45.1 Å². The summed E-state index contributed by atoms with van der Waals surface area (Å²) in [7, 11) is 0. The van der Waals surface area contributed by atoms with Gasteiger partial charge in [0.1, 0.15) is 0 Å². The van der Waals surface area contributed by atoms with Crippen LogP contribution in [0.4, 0.5) is 0 Å². The van der Waals surface area contributed by atoms with Gasteiger partial charge in [0, 0.05) is 12.1 Å². The first-order chi connectivity index (χ1) is 8.56. The van der Waals surface area contributed by atoms with Crippen molar-refractivity contribution in [3.05, 3.63) is 34.9 Å². The highest BCUT2D eigenvalue weighted by Crippen LogP contribution is 2.29. The fourth-order valence-electron chi connectivity index (χ4n) is 2.63. The molecule has 1 aliphatic rings. The number of amides is 1. The number of aryl methyl sites for hydroxylation is 2. The highest BCUT2D eigenvalue weighted by Gasteiger charge is 2.34. The fraction of sp³-hybridized carbons (Fsp3) is 0.533. The molecule has 19 heavy (non-hydrogen) atoms. The van der Waals surface area contributed by atoms with Crippen molar-refractivity contribution in [3.8, 4) is 0 Å². The summed E-state index contributed by atoms with van der Waals surface area (Å²) in [6.45, 7) is 4.61. The average Bonchev–Trinajstić information content (AvgIpc) is 2.82. The van der Waals surface area contributed by atoms with E-state index in [-0.39, 0.29) is 23.9 Å². The molecule has 0 radical (unpaired) electrons. The van der Waals surface area contributed by atoms with Crippen molar-refractivity contribution in [3.63, 3.8) is 0 Å². The van der Waals surface area contributed by atoms with Gasteiger partial charge in [0.15, 0.2) is 0 Å². The normalized spacial score (nSPS) is 16.8. The second kappa shape index (κ2) is 6.40. The molecule has 0 atom stereocenters. The van der Waals surface area contributed by atoms with Crippen molar-refractivity contribution in [1.82, 2.24) is 5.32 Å². The van der Waals surface area contributed by atoms with E-state index in [4.69, 9.17) is 5.73 Å². The molecule has 0 saturated heterocycles. The van der Waals surface area contributed by atoms with Gasteiger partial charge in [-0.05, 0) is 49.9 Å². The molecule has 1 saturated carbocycles. The molecular formula is C15H23ClN2O. The third-order valence-electron chi connectivity index (χ3n) is 4.10. The Morgan fingerprint density at radius 2 is 1.89 bits per heavy atom. The van der Waals surface area contributed by atoms with E-state index >= 15 is 0 Å². The van der Waals surface area contributed by atoms with E-state index in [1.54, 1.807) is 0 Å². The minimum atomic E-state index is -0.171. The van der Waals surface area contributed by atoms with Gasteiger partial charge in [-0.2, -0.15) is 0 Å². The number of benzene rings is 1. The van der Waals surface area contributed by atoms with E-state index in [2.05, 4.69) is 12.2 Å². The van der Waals surface area contributed by atoms with Crippen molar-refractivity contribution in [1.29, 1.82) is 0 Å². The molecule has 1 fully saturated rings. The van der Waals surface area contributed by atoms with Crippen molar-refractivity contribution >= 4 is 18.3 Å². The lowest BCUT2D eigenvalue weighted by Crippen LogP contribution is -2.51. The molecule has 1 aromatic rings. The van der Waals surface area contributed by atoms with Gasteiger partial charge in [-0.15, -0.1) is 12.4 Å². The lowest BCUT2D eigenvalue weighted by molar-refractivity contribution is 0.0903. The molecular weight excluding hydrogens is 260 g/mol. The molecule has 3 nitrogen and oxygen atoms in total. The first-order valence-corrected chi connectivity index (χ1v) is 6.66. The number of rotatable bonds is 3. The van der Waals surface area contributed by atoms with E-state index < -0.39 is 0 Å². The monoisotopic (exact) mass is 282 g/mol. The zero-order valence-electron chi connectivity index (χ0n) is 11.7. The smallest absolute Gasteiger partial charge is 0.251 e. The Labute approximate surface area is 121 Å². The van der Waals surface area contributed by atoms with Crippen LogP contribution in [0.1, 0.15) is 47.2 Å². The van der Waals surface area contributed by atoms with Crippen LogP contribution in [0.2, 0.25) is 0 Å². The summed E-state index contributed by atoms with van der Waals surface area (Å²) in [5.74, 6) is 0.00505. The highest BCUT2D eigenvalue weighted by molar-refractivity contribution is 5.95. The Morgan fingerprint density at radius 3 is 2.42 bits per heavy atom. The minimum absolute atomic E-state index is 0. The number of halogens is 1. The predicted molar refractivity (Wildman–Crippen MR) is 80.9 cm³/mol. The van der Waals surface area contributed by atoms with Gasteiger partial charge in [0.25, 0.3) is 5.91 Å². The largest absolute Gasteiger partial charge is 0.345 e. The topological polar surface area (TPSA) is 55.1 Å². The van der Waals surface area contributed by atoms with Gasteiger partial charge in [0.05, 0.1) is 5.54 Å². The number of nitrogens with one attached hydrogen (secondary N) is 1. The van der Waals surface area contributed by atoms with Gasteiger partial charge in [0.2, 0.25) is 0 Å². The van der Waals surface area contributed by atoms with Gasteiger partial charge < -0.3 is 11.1 Å². The van der Waals surface area contributed by atoms with Gasteiger partial charge in [-0.25, -0.2) is 0 Å². The van der Waals surface area contributed by atoms with Crippen LogP contribution < -0.4 is 11.1 Å².